The van der Waals surface area contributed by atoms with Crippen molar-refractivity contribution in [2.24, 2.45) is 4.99 Å². The molecule has 3 aromatic carbocycles. The summed E-state index contributed by atoms with van der Waals surface area (Å²) in [6.45, 7) is 0.490. The molecule has 1 aliphatic heterocycles. The highest BCUT2D eigenvalue weighted by Crippen LogP contribution is 2.45. The van der Waals surface area contributed by atoms with Crippen LogP contribution in [-0.4, -0.2) is 41.7 Å². The van der Waals surface area contributed by atoms with Crippen LogP contribution in [0, 0.1) is 0 Å². The Hall–Kier alpha value is -3.32. The first-order chi connectivity index (χ1) is 19.0. The van der Waals surface area contributed by atoms with Crippen molar-refractivity contribution in [3.63, 3.8) is 0 Å². The van der Waals surface area contributed by atoms with Crippen LogP contribution in [0.3, 0.4) is 0 Å². The van der Waals surface area contributed by atoms with Gasteiger partial charge in [0, 0.05) is 46.7 Å². The Morgan fingerprint density at radius 1 is 1.10 bits per heavy atom. The largest absolute Gasteiger partial charge is 0.494 e. The van der Waals surface area contributed by atoms with E-state index in [1.807, 2.05) is 66.7 Å². The van der Waals surface area contributed by atoms with Gasteiger partial charge in [-0.1, -0.05) is 71.8 Å². The number of hydrogen-bond acceptors (Lipinski definition) is 5. The minimum atomic E-state index is -1.28. The number of aliphatic hydroxyl groups excluding tert-OH is 1. The first kappa shape index (κ1) is 27.3. The van der Waals surface area contributed by atoms with Crippen LogP contribution in [0.2, 0.25) is 10.0 Å². The van der Waals surface area contributed by atoms with E-state index in [1.54, 1.807) is 18.2 Å². The van der Waals surface area contributed by atoms with Crippen molar-refractivity contribution in [3.8, 4) is 5.75 Å². The average molecular weight is 565 g/mol. The molecule has 0 bridgehead atoms. The highest BCUT2D eigenvalue weighted by Gasteiger charge is 2.54. The number of aliphatic imine (C=N–C) groups is 1. The van der Waals surface area contributed by atoms with E-state index < -0.39 is 11.6 Å². The molecular formula is C31H30Cl2N2O4. The quantitative estimate of drug-likeness (QED) is 0.264. The summed E-state index contributed by atoms with van der Waals surface area (Å²) in [5, 5.41) is 13.1. The second kappa shape index (κ2) is 12.2. The highest BCUT2D eigenvalue weighted by atomic mass is 35.5. The van der Waals surface area contributed by atoms with Crippen LogP contribution in [0.5, 0.6) is 5.75 Å². The molecule has 202 valence electrons. The third-order valence-corrected chi connectivity index (χ3v) is 7.29. The Bertz CT molecular complexity index is 1360. The van der Waals surface area contributed by atoms with Crippen molar-refractivity contribution < 1.29 is 19.4 Å². The Balaban J connectivity index is 1.53. The van der Waals surface area contributed by atoms with Gasteiger partial charge in [0.1, 0.15) is 5.75 Å². The molecule has 0 aromatic heterocycles. The van der Waals surface area contributed by atoms with Crippen LogP contribution in [0.25, 0.3) is 6.08 Å². The van der Waals surface area contributed by atoms with E-state index in [-0.39, 0.29) is 18.6 Å². The monoisotopic (exact) mass is 564 g/mol. The lowest BCUT2D eigenvalue weighted by Gasteiger charge is -2.30. The fourth-order valence-corrected chi connectivity index (χ4v) is 4.99. The van der Waals surface area contributed by atoms with E-state index >= 15 is 0 Å². The lowest BCUT2D eigenvalue weighted by molar-refractivity contribution is -0.129. The van der Waals surface area contributed by atoms with E-state index in [4.69, 9.17) is 42.8 Å². The molecule has 5 rings (SSSR count). The Kier molecular flexibility index (Phi) is 8.56. The van der Waals surface area contributed by atoms with Gasteiger partial charge >= 0.3 is 0 Å². The first-order valence-electron chi connectivity index (χ1n) is 13.1. The van der Waals surface area contributed by atoms with E-state index in [9.17, 15) is 4.79 Å². The summed E-state index contributed by atoms with van der Waals surface area (Å²) in [6, 6.07) is 22.6. The van der Waals surface area contributed by atoms with Crippen molar-refractivity contribution in [3.05, 3.63) is 106 Å². The van der Waals surface area contributed by atoms with Gasteiger partial charge in [-0.2, -0.15) is 0 Å². The lowest BCUT2D eigenvalue weighted by atomic mass is 9.84. The second-order valence-corrected chi connectivity index (χ2v) is 10.6. The standard InChI is InChI=1S/C31H30Cl2N2O4/c32-23-11-16-26(27(33)20-23)28-31(30(37)34-24-12-13-24,17-4-8-21-6-2-1-3-7-21)35-29(39-28)22-9-14-25(15-10-22)38-19-5-18-36/h1-4,6-11,14-16,20,24,28,36H,5,12-13,17-19H2,(H,34,37)/b8-4+/t28-,31-/m1/s1. The third-order valence-electron chi connectivity index (χ3n) is 6.73. The van der Waals surface area contributed by atoms with Gasteiger partial charge in [0.05, 0.1) is 6.61 Å². The number of halogens is 2. The van der Waals surface area contributed by atoms with Crippen molar-refractivity contribution in [2.75, 3.05) is 13.2 Å². The molecule has 2 N–H and O–H groups in total. The van der Waals surface area contributed by atoms with Crippen LogP contribution >= 0.6 is 23.2 Å². The van der Waals surface area contributed by atoms with Crippen molar-refractivity contribution in [2.45, 2.75) is 43.4 Å². The molecule has 0 saturated heterocycles. The lowest BCUT2D eigenvalue weighted by Crippen LogP contribution is -2.48. The molecule has 39 heavy (non-hydrogen) atoms. The minimum Gasteiger partial charge on any atom is -0.494 e. The predicted octanol–water partition coefficient (Wildman–Crippen LogP) is 6.39. The van der Waals surface area contributed by atoms with Crippen molar-refractivity contribution >= 4 is 41.1 Å². The number of ether oxygens (including phenoxy) is 2. The summed E-state index contributed by atoms with van der Waals surface area (Å²) in [5.74, 6) is 0.830. The van der Waals surface area contributed by atoms with Gasteiger partial charge in [0.2, 0.25) is 5.90 Å². The maximum absolute atomic E-state index is 14.0. The zero-order valence-corrected chi connectivity index (χ0v) is 22.9. The Morgan fingerprint density at radius 2 is 1.87 bits per heavy atom. The van der Waals surface area contributed by atoms with Gasteiger partial charge in [-0.25, -0.2) is 4.99 Å². The molecule has 1 fully saturated rings. The number of benzene rings is 3. The number of hydrogen-bond donors (Lipinski definition) is 2. The molecule has 6 nitrogen and oxygen atoms in total. The van der Waals surface area contributed by atoms with Gasteiger partial charge in [-0.15, -0.1) is 0 Å². The van der Waals surface area contributed by atoms with Gasteiger partial charge < -0.3 is 19.9 Å². The van der Waals surface area contributed by atoms with E-state index in [2.05, 4.69) is 5.32 Å². The maximum Gasteiger partial charge on any atom is 0.252 e. The molecule has 2 atom stereocenters. The third kappa shape index (κ3) is 6.47. The summed E-state index contributed by atoms with van der Waals surface area (Å²) in [4.78, 5) is 19.0. The van der Waals surface area contributed by atoms with Crippen LogP contribution in [0.1, 0.15) is 48.5 Å². The Morgan fingerprint density at radius 3 is 2.56 bits per heavy atom. The number of aliphatic hydroxyl groups is 1. The number of nitrogens with zero attached hydrogens (tertiary/aromatic N) is 1. The molecule has 1 amide bonds. The average Bonchev–Trinajstić information content (AvgIpc) is 3.68. The van der Waals surface area contributed by atoms with E-state index in [1.165, 1.54) is 0 Å². The first-order valence-corrected chi connectivity index (χ1v) is 13.8. The molecule has 1 aliphatic carbocycles. The summed E-state index contributed by atoms with van der Waals surface area (Å²) >= 11 is 12.9. The smallest absolute Gasteiger partial charge is 0.252 e. The van der Waals surface area contributed by atoms with Gasteiger partial charge in [0.25, 0.3) is 5.91 Å². The van der Waals surface area contributed by atoms with Crippen LogP contribution < -0.4 is 10.1 Å². The fraction of sp³-hybridized carbons (Fsp3) is 0.290. The van der Waals surface area contributed by atoms with Crippen molar-refractivity contribution in [1.82, 2.24) is 5.32 Å². The number of amides is 1. The normalized spacial score (nSPS) is 20.5. The number of carbonyl (C=O) groups is 1. The summed E-state index contributed by atoms with van der Waals surface area (Å²) in [7, 11) is 0. The predicted molar refractivity (Wildman–Crippen MR) is 154 cm³/mol. The molecule has 2 aliphatic rings. The topological polar surface area (TPSA) is 80.2 Å². The van der Waals surface area contributed by atoms with Crippen LogP contribution in [0.15, 0.2) is 83.9 Å². The van der Waals surface area contributed by atoms with Gasteiger partial charge in [-0.05, 0) is 54.8 Å². The summed E-state index contributed by atoms with van der Waals surface area (Å²) in [5.41, 5.74) is 1.10. The van der Waals surface area contributed by atoms with Gasteiger partial charge in [0.15, 0.2) is 11.6 Å². The van der Waals surface area contributed by atoms with Crippen LogP contribution in [-0.2, 0) is 9.53 Å². The number of carbonyl (C=O) groups excluding carboxylic acids is 1. The molecule has 1 heterocycles. The fourth-order valence-electron chi connectivity index (χ4n) is 4.48. The Labute approximate surface area is 238 Å². The van der Waals surface area contributed by atoms with Gasteiger partial charge in [-0.3, -0.25) is 4.79 Å². The molecular weight excluding hydrogens is 535 g/mol. The summed E-state index contributed by atoms with van der Waals surface area (Å²) in [6.07, 6.45) is 5.93. The number of rotatable bonds is 11. The maximum atomic E-state index is 14.0. The zero-order valence-electron chi connectivity index (χ0n) is 21.4. The highest BCUT2D eigenvalue weighted by molar-refractivity contribution is 6.35. The number of nitrogens with one attached hydrogen (secondary N) is 1. The van der Waals surface area contributed by atoms with E-state index in [0.717, 1.165) is 18.4 Å². The second-order valence-electron chi connectivity index (χ2n) is 9.72. The molecule has 0 spiro atoms. The zero-order chi connectivity index (χ0) is 27.2. The minimum absolute atomic E-state index is 0.0705. The molecule has 1 saturated carbocycles. The SMILES string of the molecule is O=C(NC1CC1)[C@]1(C/C=C/c2ccccc2)N=C(c2ccc(OCCCO)cc2)O[C@@H]1c1ccc(Cl)cc1Cl. The van der Waals surface area contributed by atoms with Crippen molar-refractivity contribution in [1.29, 1.82) is 0 Å². The van der Waals surface area contributed by atoms with E-state index in [0.29, 0.717) is 52.3 Å². The van der Waals surface area contributed by atoms with Crippen LogP contribution in [0.4, 0.5) is 0 Å². The molecule has 8 heteroatoms. The molecule has 0 radical (unpaired) electrons. The summed E-state index contributed by atoms with van der Waals surface area (Å²) < 4.78 is 12.2. The molecule has 3 aromatic rings. The molecule has 0 unspecified atom stereocenters.